The summed E-state index contributed by atoms with van der Waals surface area (Å²) in [6.07, 6.45) is 11.0. The van der Waals surface area contributed by atoms with Crippen molar-refractivity contribution in [2.75, 3.05) is 24.4 Å². The number of anilines is 1. The second-order valence-corrected chi connectivity index (χ2v) is 13.5. The first kappa shape index (κ1) is 29.0. The summed E-state index contributed by atoms with van der Waals surface area (Å²) in [5.41, 5.74) is 0.697. The van der Waals surface area contributed by atoms with Crippen molar-refractivity contribution >= 4 is 28.5 Å². The summed E-state index contributed by atoms with van der Waals surface area (Å²) in [4.78, 5) is 20.9. The topological polar surface area (TPSA) is 92.4 Å². The summed E-state index contributed by atoms with van der Waals surface area (Å²) in [5, 5.41) is 10.4. The molecule has 0 radical (unpaired) electrons. The number of hydrogen-bond donors (Lipinski definition) is 1. The molecule has 2 aliphatic heterocycles. The van der Waals surface area contributed by atoms with E-state index in [4.69, 9.17) is 9.47 Å². The molecule has 6 rings (SSSR count). The van der Waals surface area contributed by atoms with Crippen molar-refractivity contribution in [3.05, 3.63) is 58.4 Å². The van der Waals surface area contributed by atoms with Crippen LogP contribution in [0, 0.1) is 17.1 Å². The van der Waals surface area contributed by atoms with Crippen LogP contribution in [0.1, 0.15) is 76.8 Å². The highest BCUT2D eigenvalue weighted by Crippen LogP contribution is 2.41. The molecule has 3 fully saturated rings. The number of hydrogen-bond acceptors (Lipinski definition) is 8. The fraction of sp³-hybridized carbons (Fsp3) is 0.531. The molecule has 0 bridgehead atoms. The first-order valence-electron chi connectivity index (χ1n) is 15.1. The molecular weight excluding hydrogens is 553 g/mol. The van der Waals surface area contributed by atoms with Gasteiger partial charge in [-0.3, -0.25) is 9.36 Å². The molecule has 1 N–H and O–H groups in total. The molecule has 2 aromatic carbocycles. The zero-order chi connectivity index (χ0) is 29.3. The van der Waals surface area contributed by atoms with E-state index in [-0.39, 0.29) is 39.5 Å². The quantitative estimate of drug-likeness (QED) is 0.300. The highest BCUT2D eigenvalue weighted by molar-refractivity contribution is 8.01. The molecule has 10 heteroatoms. The first-order valence-corrected chi connectivity index (χ1v) is 15.9. The van der Waals surface area contributed by atoms with Crippen LogP contribution >= 0.6 is 11.9 Å². The van der Waals surface area contributed by atoms with Gasteiger partial charge in [-0.2, -0.15) is 5.26 Å². The van der Waals surface area contributed by atoms with Gasteiger partial charge in [-0.25, -0.2) is 9.37 Å². The number of ether oxygens (including phenoxy) is 2. The van der Waals surface area contributed by atoms with Crippen LogP contribution in [-0.2, 0) is 4.74 Å². The summed E-state index contributed by atoms with van der Waals surface area (Å²) in [5.74, 6) is -0.572. The maximum atomic E-state index is 14.9. The third kappa shape index (κ3) is 5.87. The van der Waals surface area contributed by atoms with Gasteiger partial charge in [0.2, 0.25) is 0 Å². The third-order valence-electron chi connectivity index (χ3n) is 8.98. The van der Waals surface area contributed by atoms with Gasteiger partial charge < -0.3 is 19.1 Å². The number of nitriles is 1. The lowest BCUT2D eigenvalue weighted by molar-refractivity contribution is -0.0535. The molecule has 2 saturated heterocycles. The van der Waals surface area contributed by atoms with E-state index in [1.54, 1.807) is 29.1 Å². The maximum Gasteiger partial charge on any atom is 0.261 e. The van der Waals surface area contributed by atoms with Crippen molar-refractivity contribution in [2.24, 2.45) is 0 Å². The third-order valence-corrected chi connectivity index (χ3v) is 9.79. The molecule has 8 nitrogen and oxygen atoms in total. The van der Waals surface area contributed by atoms with Gasteiger partial charge in [0.15, 0.2) is 11.6 Å². The van der Waals surface area contributed by atoms with Gasteiger partial charge >= 0.3 is 0 Å². The number of nitrogens with one attached hydrogen (secondary N) is 1. The Kier molecular flexibility index (Phi) is 8.44. The van der Waals surface area contributed by atoms with Crippen LogP contribution in [0.15, 0.2) is 41.5 Å². The minimum Gasteiger partial charge on any atom is -0.453 e. The van der Waals surface area contributed by atoms with E-state index in [1.165, 1.54) is 56.2 Å². The Bertz CT molecular complexity index is 1540. The lowest BCUT2D eigenvalue weighted by Crippen LogP contribution is -2.48. The lowest BCUT2D eigenvalue weighted by Gasteiger charge is -2.43. The summed E-state index contributed by atoms with van der Waals surface area (Å²) in [6, 6.07) is 10.4. The van der Waals surface area contributed by atoms with E-state index in [1.807, 2.05) is 13.8 Å². The summed E-state index contributed by atoms with van der Waals surface area (Å²) in [6.45, 7) is 6.61. The van der Waals surface area contributed by atoms with Crippen LogP contribution in [0.2, 0.25) is 0 Å². The van der Waals surface area contributed by atoms with Crippen molar-refractivity contribution in [3.8, 4) is 17.6 Å². The van der Waals surface area contributed by atoms with Crippen molar-refractivity contribution in [1.29, 1.82) is 5.26 Å². The molecule has 222 valence electrons. The van der Waals surface area contributed by atoms with E-state index in [2.05, 4.69) is 20.7 Å². The Hall–Kier alpha value is -3.13. The fourth-order valence-electron chi connectivity index (χ4n) is 6.68. The second-order valence-electron chi connectivity index (χ2n) is 12.1. The van der Waals surface area contributed by atoms with Crippen LogP contribution in [-0.4, -0.2) is 51.0 Å². The summed E-state index contributed by atoms with van der Waals surface area (Å²) < 4.78 is 32.0. The Balaban J connectivity index is 1.20. The zero-order valence-electron chi connectivity index (χ0n) is 24.3. The molecule has 1 atom stereocenters. The van der Waals surface area contributed by atoms with Crippen LogP contribution in [0.25, 0.3) is 10.9 Å². The van der Waals surface area contributed by atoms with Gasteiger partial charge in [0.25, 0.3) is 5.56 Å². The summed E-state index contributed by atoms with van der Waals surface area (Å²) in [7, 11) is 0. The van der Waals surface area contributed by atoms with Gasteiger partial charge in [-0.15, -0.1) is 0 Å². The highest BCUT2D eigenvalue weighted by Gasteiger charge is 2.44. The fourth-order valence-corrected chi connectivity index (χ4v) is 7.21. The van der Waals surface area contributed by atoms with E-state index >= 15 is 0 Å². The molecule has 3 aromatic rings. The number of piperidine rings is 1. The molecular formula is C32H38FN5O3S. The Labute approximate surface area is 250 Å². The van der Waals surface area contributed by atoms with Crippen LogP contribution in [0.5, 0.6) is 11.5 Å². The predicted octanol–water partition coefficient (Wildman–Crippen LogP) is 6.80. The standard InChI is InChI=1S/C32H38FN5O3S/c1-21(2)42-36-29-11-9-27(33)30(26(29)18-34)41-24-8-10-28-25(16-24)31(39)38(20-35-28)23-17-32(40-19-23)12-14-37(15-13-32)22-6-4-3-5-7-22/h8-11,16,20-23,36H,3-7,12-15,17,19H2,1-2H3. The minimum absolute atomic E-state index is 0.0646. The van der Waals surface area contributed by atoms with Crippen LogP contribution in [0.4, 0.5) is 10.1 Å². The van der Waals surface area contributed by atoms with Crippen molar-refractivity contribution in [3.63, 3.8) is 0 Å². The monoisotopic (exact) mass is 591 g/mol. The number of fused-ring (bicyclic) bond motifs is 1. The molecule has 1 spiro atoms. The molecule has 42 heavy (non-hydrogen) atoms. The van der Waals surface area contributed by atoms with E-state index < -0.39 is 5.82 Å². The molecule has 1 unspecified atom stereocenters. The van der Waals surface area contributed by atoms with E-state index in [9.17, 15) is 14.4 Å². The number of halogens is 1. The largest absolute Gasteiger partial charge is 0.453 e. The Morgan fingerprint density at radius 3 is 2.69 bits per heavy atom. The minimum atomic E-state index is -0.654. The second kappa shape index (κ2) is 12.2. The molecule has 3 heterocycles. The molecule has 1 aromatic heterocycles. The normalized spacial score (nSPS) is 21.2. The summed E-state index contributed by atoms with van der Waals surface area (Å²) >= 11 is 1.42. The van der Waals surface area contributed by atoms with Gasteiger partial charge in [0.05, 0.1) is 41.2 Å². The van der Waals surface area contributed by atoms with Crippen molar-refractivity contribution in [2.45, 2.75) is 88.1 Å². The Morgan fingerprint density at radius 1 is 1.17 bits per heavy atom. The SMILES string of the molecule is CC(C)SNc1ccc(F)c(Oc2ccc3ncn(C4COC5(CCN(C6CCCCC6)CC5)C4)c(=O)c3c2)c1C#N. The average molecular weight is 592 g/mol. The maximum absolute atomic E-state index is 14.9. The van der Waals surface area contributed by atoms with Gasteiger partial charge in [-0.05, 0) is 74.4 Å². The van der Waals surface area contributed by atoms with E-state index in [0.29, 0.717) is 29.2 Å². The zero-order valence-corrected chi connectivity index (χ0v) is 25.1. The molecule has 1 saturated carbocycles. The number of aromatic nitrogens is 2. The predicted molar refractivity (Wildman–Crippen MR) is 164 cm³/mol. The average Bonchev–Trinajstić information content (AvgIpc) is 3.41. The number of rotatable bonds is 7. The van der Waals surface area contributed by atoms with Gasteiger partial charge in [-0.1, -0.05) is 33.1 Å². The van der Waals surface area contributed by atoms with Crippen molar-refractivity contribution < 1.29 is 13.9 Å². The lowest BCUT2D eigenvalue weighted by atomic mass is 9.85. The number of benzene rings is 2. The number of nitrogens with zero attached hydrogens (tertiary/aromatic N) is 4. The van der Waals surface area contributed by atoms with Crippen molar-refractivity contribution in [1.82, 2.24) is 14.5 Å². The van der Waals surface area contributed by atoms with Gasteiger partial charge in [0, 0.05) is 24.4 Å². The highest BCUT2D eigenvalue weighted by atomic mass is 32.2. The molecule has 3 aliphatic rings. The molecule has 0 amide bonds. The van der Waals surface area contributed by atoms with Gasteiger partial charge in [0.1, 0.15) is 17.4 Å². The smallest absolute Gasteiger partial charge is 0.261 e. The van der Waals surface area contributed by atoms with E-state index in [0.717, 1.165) is 32.4 Å². The van der Waals surface area contributed by atoms with Crippen LogP contribution in [0.3, 0.4) is 0 Å². The van der Waals surface area contributed by atoms with Crippen LogP contribution < -0.4 is 15.0 Å². The number of likely N-dealkylation sites (tertiary alicyclic amines) is 1. The molecule has 1 aliphatic carbocycles. The Morgan fingerprint density at radius 2 is 1.95 bits per heavy atom. The first-order chi connectivity index (χ1) is 20.4.